The Bertz CT molecular complexity index is 602. The Morgan fingerprint density at radius 2 is 2.00 bits per heavy atom. The Balaban J connectivity index is 2.29. The first kappa shape index (κ1) is 12.3. The van der Waals surface area contributed by atoms with Gasteiger partial charge in [0.2, 0.25) is 0 Å². The van der Waals surface area contributed by atoms with E-state index < -0.39 is 5.97 Å². The summed E-state index contributed by atoms with van der Waals surface area (Å²) in [4.78, 5) is 10.9. The molecule has 0 aliphatic carbocycles. The topological polar surface area (TPSA) is 68.0 Å². The van der Waals surface area contributed by atoms with Gasteiger partial charge in [0.1, 0.15) is 0 Å². The van der Waals surface area contributed by atoms with Gasteiger partial charge < -0.3 is 5.11 Å². The van der Waals surface area contributed by atoms with E-state index in [2.05, 4.69) is 36.3 Å². The molecule has 0 saturated heterocycles. The van der Waals surface area contributed by atoms with Crippen molar-refractivity contribution in [3.8, 4) is 0 Å². The van der Waals surface area contributed by atoms with Crippen LogP contribution in [0.4, 0.5) is 0 Å². The number of carboxylic acid groups (broad SMARTS) is 1. The maximum atomic E-state index is 10.9. The number of aryl methyl sites for hydroxylation is 2. The first-order valence-electron chi connectivity index (χ1n) is 5.68. The van der Waals surface area contributed by atoms with Crippen LogP contribution < -0.4 is 0 Å². The molecule has 0 fully saturated rings. The van der Waals surface area contributed by atoms with Crippen molar-refractivity contribution in [3.63, 3.8) is 0 Å². The van der Waals surface area contributed by atoms with E-state index in [9.17, 15) is 4.79 Å². The molecule has 1 N–H and O–H groups in total. The summed E-state index contributed by atoms with van der Waals surface area (Å²) in [6.07, 6.45) is 0. The highest BCUT2D eigenvalue weighted by atomic mass is 16.4. The smallest absolute Gasteiger partial charge is 0.358 e. The summed E-state index contributed by atoms with van der Waals surface area (Å²) >= 11 is 0. The minimum absolute atomic E-state index is 0.0128. The Morgan fingerprint density at radius 1 is 1.28 bits per heavy atom. The van der Waals surface area contributed by atoms with Gasteiger partial charge in [-0.25, -0.2) is 9.48 Å². The van der Waals surface area contributed by atoms with E-state index in [0.29, 0.717) is 12.2 Å². The van der Waals surface area contributed by atoms with Crippen LogP contribution in [0.2, 0.25) is 0 Å². The van der Waals surface area contributed by atoms with E-state index in [-0.39, 0.29) is 5.69 Å². The number of nitrogens with zero attached hydrogens (tertiary/aromatic N) is 3. The SMILES string of the molecule is Cc1ccc(Cn2nnc(C(=O)O)c2C)cc1C. The van der Waals surface area contributed by atoms with Crippen LogP contribution in [-0.4, -0.2) is 26.1 Å². The molecule has 5 heteroatoms. The third kappa shape index (κ3) is 2.25. The lowest BCUT2D eigenvalue weighted by Crippen LogP contribution is -2.06. The number of aromatic nitrogens is 3. The van der Waals surface area contributed by atoms with Crippen LogP contribution in [0.1, 0.15) is 32.9 Å². The van der Waals surface area contributed by atoms with E-state index in [1.54, 1.807) is 11.6 Å². The number of aromatic carboxylic acids is 1. The molecule has 18 heavy (non-hydrogen) atoms. The summed E-state index contributed by atoms with van der Waals surface area (Å²) in [7, 11) is 0. The average Bonchev–Trinajstić information content (AvgIpc) is 2.66. The normalized spacial score (nSPS) is 10.6. The zero-order valence-electron chi connectivity index (χ0n) is 10.6. The van der Waals surface area contributed by atoms with Crippen molar-refractivity contribution in [1.82, 2.24) is 15.0 Å². The highest BCUT2D eigenvalue weighted by Crippen LogP contribution is 2.12. The Hall–Kier alpha value is -2.17. The van der Waals surface area contributed by atoms with E-state index in [0.717, 1.165) is 5.56 Å². The molecule has 0 saturated carbocycles. The minimum atomic E-state index is -1.04. The number of carbonyl (C=O) groups is 1. The molecule has 2 rings (SSSR count). The van der Waals surface area contributed by atoms with Crippen LogP contribution in [0.3, 0.4) is 0 Å². The second-order valence-corrected chi connectivity index (χ2v) is 4.40. The van der Waals surface area contributed by atoms with Crippen molar-refractivity contribution in [2.45, 2.75) is 27.3 Å². The molecule has 0 aliphatic rings. The maximum absolute atomic E-state index is 10.9. The second-order valence-electron chi connectivity index (χ2n) is 4.40. The van der Waals surface area contributed by atoms with Gasteiger partial charge in [0.15, 0.2) is 5.69 Å². The lowest BCUT2D eigenvalue weighted by Gasteiger charge is -2.06. The number of carboxylic acids is 1. The molecule has 1 aromatic heterocycles. The summed E-state index contributed by atoms with van der Waals surface area (Å²) in [6.45, 7) is 6.36. The van der Waals surface area contributed by atoms with Crippen LogP contribution in [-0.2, 0) is 6.54 Å². The molecule has 5 nitrogen and oxygen atoms in total. The molecular formula is C13H15N3O2. The molecule has 2 aromatic rings. The zero-order chi connectivity index (χ0) is 13.3. The van der Waals surface area contributed by atoms with Gasteiger partial charge in [0, 0.05) is 0 Å². The fourth-order valence-corrected chi connectivity index (χ4v) is 1.78. The highest BCUT2D eigenvalue weighted by molar-refractivity contribution is 5.86. The van der Waals surface area contributed by atoms with Gasteiger partial charge in [-0.2, -0.15) is 0 Å². The highest BCUT2D eigenvalue weighted by Gasteiger charge is 2.15. The van der Waals surface area contributed by atoms with E-state index in [4.69, 9.17) is 5.11 Å². The van der Waals surface area contributed by atoms with Crippen LogP contribution in [0.25, 0.3) is 0 Å². The van der Waals surface area contributed by atoms with Crippen molar-refractivity contribution >= 4 is 5.97 Å². The van der Waals surface area contributed by atoms with Crippen molar-refractivity contribution in [3.05, 3.63) is 46.3 Å². The third-order valence-electron chi connectivity index (χ3n) is 3.09. The largest absolute Gasteiger partial charge is 0.476 e. The number of rotatable bonds is 3. The molecule has 0 amide bonds. The lowest BCUT2D eigenvalue weighted by atomic mass is 10.1. The summed E-state index contributed by atoms with van der Waals surface area (Å²) in [6, 6.07) is 6.15. The standard InChI is InChI=1S/C13H15N3O2/c1-8-4-5-11(6-9(8)2)7-16-10(3)12(13(17)18)14-15-16/h4-6H,7H2,1-3H3,(H,17,18). The fraction of sp³-hybridized carbons (Fsp3) is 0.308. The minimum Gasteiger partial charge on any atom is -0.476 e. The van der Waals surface area contributed by atoms with Crippen molar-refractivity contribution in [2.24, 2.45) is 0 Å². The predicted octanol–water partition coefficient (Wildman–Crippen LogP) is 1.95. The van der Waals surface area contributed by atoms with Crippen molar-refractivity contribution in [1.29, 1.82) is 0 Å². The molecule has 0 aliphatic heterocycles. The summed E-state index contributed by atoms with van der Waals surface area (Å²) in [5, 5.41) is 16.4. The van der Waals surface area contributed by atoms with Gasteiger partial charge in [-0.3, -0.25) is 0 Å². The number of hydrogen-bond acceptors (Lipinski definition) is 3. The van der Waals surface area contributed by atoms with Crippen molar-refractivity contribution < 1.29 is 9.90 Å². The molecule has 0 spiro atoms. The maximum Gasteiger partial charge on any atom is 0.358 e. The van der Waals surface area contributed by atoms with Gasteiger partial charge in [-0.05, 0) is 37.5 Å². The molecular weight excluding hydrogens is 230 g/mol. The molecule has 1 aromatic carbocycles. The molecule has 0 atom stereocenters. The van der Waals surface area contributed by atoms with E-state index in [1.165, 1.54) is 11.1 Å². The summed E-state index contributed by atoms with van der Waals surface area (Å²) in [5.41, 5.74) is 4.12. The monoisotopic (exact) mass is 245 g/mol. The number of benzene rings is 1. The van der Waals surface area contributed by atoms with Gasteiger partial charge in [-0.15, -0.1) is 5.10 Å². The summed E-state index contributed by atoms with van der Waals surface area (Å²) in [5.74, 6) is -1.04. The van der Waals surface area contributed by atoms with Gasteiger partial charge in [0.25, 0.3) is 0 Å². The summed E-state index contributed by atoms with van der Waals surface area (Å²) < 4.78 is 1.60. The van der Waals surface area contributed by atoms with Crippen LogP contribution in [0, 0.1) is 20.8 Å². The van der Waals surface area contributed by atoms with E-state index in [1.807, 2.05) is 6.07 Å². The Morgan fingerprint density at radius 3 is 2.56 bits per heavy atom. The quantitative estimate of drug-likeness (QED) is 0.897. The Labute approximate surface area is 105 Å². The van der Waals surface area contributed by atoms with Crippen LogP contribution in [0.15, 0.2) is 18.2 Å². The lowest BCUT2D eigenvalue weighted by molar-refractivity contribution is 0.0689. The predicted molar refractivity (Wildman–Crippen MR) is 66.7 cm³/mol. The van der Waals surface area contributed by atoms with Crippen LogP contribution >= 0.6 is 0 Å². The fourth-order valence-electron chi connectivity index (χ4n) is 1.78. The first-order chi connectivity index (χ1) is 8.49. The molecule has 1 heterocycles. The van der Waals surface area contributed by atoms with Gasteiger partial charge >= 0.3 is 5.97 Å². The third-order valence-corrected chi connectivity index (χ3v) is 3.09. The Kier molecular flexibility index (Phi) is 3.14. The molecule has 94 valence electrons. The van der Waals surface area contributed by atoms with Gasteiger partial charge in [0.05, 0.1) is 12.2 Å². The van der Waals surface area contributed by atoms with E-state index >= 15 is 0 Å². The number of hydrogen-bond donors (Lipinski definition) is 1. The average molecular weight is 245 g/mol. The molecule has 0 unspecified atom stereocenters. The zero-order valence-corrected chi connectivity index (χ0v) is 10.6. The van der Waals surface area contributed by atoms with Gasteiger partial charge in [-0.1, -0.05) is 23.4 Å². The first-order valence-corrected chi connectivity index (χ1v) is 5.68. The molecule has 0 radical (unpaired) electrons. The second kappa shape index (κ2) is 4.60. The van der Waals surface area contributed by atoms with Crippen molar-refractivity contribution in [2.75, 3.05) is 0 Å². The van der Waals surface area contributed by atoms with Crippen LogP contribution in [0.5, 0.6) is 0 Å². The molecule has 0 bridgehead atoms.